The molecule has 2 aliphatic heterocycles. The normalized spacial score (nSPS) is 20.0. The maximum absolute atomic E-state index is 12.6. The van der Waals surface area contributed by atoms with E-state index in [1.165, 1.54) is 19.3 Å². The van der Waals surface area contributed by atoms with Crippen molar-refractivity contribution in [2.24, 2.45) is 0 Å². The summed E-state index contributed by atoms with van der Waals surface area (Å²) < 4.78 is 33.5. The maximum Gasteiger partial charge on any atom is 0.188 e. The summed E-state index contributed by atoms with van der Waals surface area (Å²) in [6.07, 6.45) is 3.86. The smallest absolute Gasteiger partial charge is 0.188 e. The number of fused-ring (bicyclic) bond motifs is 1. The van der Waals surface area contributed by atoms with E-state index >= 15 is 0 Å². The third-order valence-corrected chi connectivity index (χ3v) is 7.66. The Morgan fingerprint density at radius 3 is 2.05 bits per heavy atom. The molecule has 8 heteroatoms. The number of likely N-dealkylation sites (tertiary alicyclic amines) is 1. The number of hydrogen-bond donors (Lipinski definition) is 1. The van der Waals surface area contributed by atoms with E-state index in [4.69, 9.17) is 28.4 Å². The molecule has 0 saturated carbocycles. The van der Waals surface area contributed by atoms with E-state index in [-0.39, 0.29) is 26.1 Å². The van der Waals surface area contributed by atoms with Crippen LogP contribution in [0.3, 0.4) is 0 Å². The molecule has 1 N–H and O–H groups in total. The second kappa shape index (κ2) is 15.8. The lowest BCUT2D eigenvalue weighted by Gasteiger charge is -2.42. The van der Waals surface area contributed by atoms with Crippen molar-refractivity contribution in [3.8, 4) is 23.0 Å². The van der Waals surface area contributed by atoms with Crippen molar-refractivity contribution in [2.75, 3.05) is 60.7 Å². The fraction of sp³-hybridized carbons (Fsp3) is 0.471. The number of nitrogens with zero attached hydrogens (tertiary/aromatic N) is 1. The molecule has 42 heavy (non-hydrogen) atoms. The molecule has 3 aromatic rings. The van der Waals surface area contributed by atoms with Gasteiger partial charge in [0.25, 0.3) is 0 Å². The molecule has 0 amide bonds. The second-order valence-electron chi connectivity index (χ2n) is 10.2. The Kier molecular flexibility index (Phi) is 11.9. The fourth-order valence-electron chi connectivity index (χ4n) is 5.53. The molecule has 2 unspecified atom stereocenters. The number of hydrogen-bond acceptors (Lipinski definition) is 8. The van der Waals surface area contributed by atoms with Gasteiger partial charge in [-0.3, -0.25) is 4.90 Å². The van der Waals surface area contributed by atoms with Gasteiger partial charge in [-0.1, -0.05) is 44.5 Å². The predicted octanol–water partition coefficient (Wildman–Crippen LogP) is 5.96. The summed E-state index contributed by atoms with van der Waals surface area (Å²) in [6, 6.07) is 21.0. The highest BCUT2D eigenvalue weighted by Gasteiger charge is 2.46. The fourth-order valence-corrected chi connectivity index (χ4v) is 5.53. The zero-order valence-corrected chi connectivity index (χ0v) is 25.3. The lowest BCUT2D eigenvalue weighted by Crippen LogP contribution is -2.41. The van der Waals surface area contributed by atoms with Gasteiger partial charge in [0.2, 0.25) is 0 Å². The molecule has 5 rings (SSSR count). The number of piperidine rings is 1. The molecular weight excluding hydrogens is 534 g/mol. The van der Waals surface area contributed by atoms with Crippen molar-refractivity contribution in [1.82, 2.24) is 4.90 Å². The monoisotopic (exact) mass is 579 g/mol. The summed E-state index contributed by atoms with van der Waals surface area (Å²) in [4.78, 5) is 2.46. The highest BCUT2D eigenvalue weighted by molar-refractivity contribution is 5.53. The van der Waals surface area contributed by atoms with Crippen LogP contribution in [0.15, 0.2) is 66.7 Å². The van der Waals surface area contributed by atoms with Gasteiger partial charge in [0.1, 0.15) is 35.2 Å². The maximum atomic E-state index is 12.6. The van der Waals surface area contributed by atoms with Crippen LogP contribution in [0.2, 0.25) is 0 Å². The summed E-state index contributed by atoms with van der Waals surface area (Å²) in [5.41, 5.74) is 1.01. The Balaban J connectivity index is 0.00000198. The Hall–Kier alpha value is -3.30. The molecule has 2 aliphatic rings. The topological polar surface area (TPSA) is 78.9 Å². The van der Waals surface area contributed by atoms with Crippen LogP contribution in [0.4, 0.5) is 0 Å². The van der Waals surface area contributed by atoms with Crippen LogP contribution >= 0.6 is 0 Å². The van der Waals surface area contributed by atoms with Crippen molar-refractivity contribution < 1.29 is 33.5 Å². The van der Waals surface area contributed by atoms with Crippen molar-refractivity contribution in [3.05, 3.63) is 83.4 Å². The molecule has 0 aromatic heterocycles. The average molecular weight is 580 g/mol. The van der Waals surface area contributed by atoms with E-state index in [1.54, 1.807) is 20.3 Å². The van der Waals surface area contributed by atoms with Crippen molar-refractivity contribution in [1.29, 1.82) is 0 Å². The largest absolute Gasteiger partial charge is 0.492 e. The standard InChI is InChI=1S/C32H39NO7.C2H6/c1-35-22-39-27-10-6-24(7-11-27)30-21-38-31-20-28(40-23-36-2)14-15-29(31)32(30,34)25-8-12-26(13-9-25)37-19-18-33-16-4-3-5-17-33;1-2/h6-15,20,30,34H,3-5,16-19,21-23H2,1-2H3;1-2H3. The van der Waals surface area contributed by atoms with Crippen molar-refractivity contribution in [2.45, 2.75) is 44.6 Å². The van der Waals surface area contributed by atoms with Gasteiger partial charge in [-0.05, 0) is 73.5 Å². The molecule has 2 heterocycles. The van der Waals surface area contributed by atoms with Gasteiger partial charge in [0, 0.05) is 32.4 Å². The van der Waals surface area contributed by atoms with Crippen LogP contribution in [0, 0.1) is 0 Å². The van der Waals surface area contributed by atoms with Crippen LogP contribution in [-0.2, 0) is 15.1 Å². The number of methoxy groups -OCH3 is 2. The SMILES string of the molecule is CC.COCOc1ccc(C2COc3cc(OCOC)ccc3C2(O)c2ccc(OCCN3CCCCC3)cc2)cc1. The van der Waals surface area contributed by atoms with Crippen molar-refractivity contribution >= 4 is 0 Å². The first-order valence-corrected chi connectivity index (χ1v) is 14.9. The molecule has 8 nitrogen and oxygen atoms in total. The molecule has 0 bridgehead atoms. The van der Waals surface area contributed by atoms with Gasteiger partial charge in [0.05, 0.1) is 12.5 Å². The van der Waals surface area contributed by atoms with Crippen molar-refractivity contribution in [3.63, 3.8) is 0 Å². The third kappa shape index (κ3) is 7.55. The lowest BCUT2D eigenvalue weighted by molar-refractivity contribution is 0.00991. The van der Waals surface area contributed by atoms with Gasteiger partial charge in [0.15, 0.2) is 13.6 Å². The molecule has 1 fully saturated rings. The van der Waals surface area contributed by atoms with Crippen LogP contribution < -0.4 is 18.9 Å². The Labute approximate surface area is 250 Å². The number of aliphatic hydroxyl groups is 1. The molecule has 228 valence electrons. The quantitative estimate of drug-likeness (QED) is 0.264. The van der Waals surface area contributed by atoms with Gasteiger partial charge >= 0.3 is 0 Å². The highest BCUT2D eigenvalue weighted by Crippen LogP contribution is 2.50. The Bertz CT molecular complexity index is 1210. The van der Waals surface area contributed by atoms with E-state index in [2.05, 4.69) is 4.90 Å². The zero-order valence-electron chi connectivity index (χ0n) is 25.3. The zero-order chi connectivity index (χ0) is 29.8. The number of ether oxygens (including phenoxy) is 6. The Morgan fingerprint density at radius 2 is 1.38 bits per heavy atom. The summed E-state index contributed by atoms with van der Waals surface area (Å²) in [7, 11) is 3.16. The van der Waals surface area contributed by atoms with Gasteiger partial charge in [-0.15, -0.1) is 0 Å². The van der Waals surface area contributed by atoms with E-state index in [1.807, 2.05) is 74.5 Å². The van der Waals surface area contributed by atoms with E-state index in [9.17, 15) is 5.11 Å². The summed E-state index contributed by atoms with van der Waals surface area (Å²) >= 11 is 0. The molecule has 1 saturated heterocycles. The minimum absolute atomic E-state index is 0.127. The summed E-state index contributed by atoms with van der Waals surface area (Å²) in [5.74, 6) is 2.30. The number of rotatable bonds is 12. The van der Waals surface area contributed by atoms with Gasteiger partial charge in [-0.2, -0.15) is 0 Å². The average Bonchev–Trinajstić information content (AvgIpc) is 3.05. The molecule has 0 spiro atoms. The molecule has 3 aromatic carbocycles. The first kappa shape index (κ1) is 31.6. The van der Waals surface area contributed by atoms with Crippen LogP contribution in [0.1, 0.15) is 55.7 Å². The first-order valence-electron chi connectivity index (χ1n) is 14.9. The lowest BCUT2D eigenvalue weighted by atomic mass is 9.71. The highest BCUT2D eigenvalue weighted by atomic mass is 16.7. The predicted molar refractivity (Wildman–Crippen MR) is 163 cm³/mol. The minimum atomic E-state index is -1.35. The van der Waals surface area contributed by atoms with Gasteiger partial charge < -0.3 is 33.5 Å². The summed E-state index contributed by atoms with van der Waals surface area (Å²) in [6.45, 7) is 8.45. The molecule has 0 aliphatic carbocycles. The number of benzene rings is 3. The van der Waals surface area contributed by atoms with E-state index < -0.39 is 5.60 Å². The third-order valence-electron chi connectivity index (χ3n) is 7.66. The summed E-state index contributed by atoms with van der Waals surface area (Å²) in [5, 5.41) is 12.6. The minimum Gasteiger partial charge on any atom is -0.492 e. The van der Waals surface area contributed by atoms with E-state index in [0.29, 0.717) is 29.4 Å². The molecule has 0 radical (unpaired) electrons. The first-order chi connectivity index (χ1) is 20.6. The van der Waals surface area contributed by atoms with Crippen LogP contribution in [-0.4, -0.2) is 70.7 Å². The molecular formula is C34H45NO7. The van der Waals surface area contributed by atoms with Crippen LogP contribution in [0.5, 0.6) is 23.0 Å². The Morgan fingerprint density at radius 1 is 0.786 bits per heavy atom. The van der Waals surface area contributed by atoms with Crippen LogP contribution in [0.25, 0.3) is 0 Å². The molecule has 2 atom stereocenters. The van der Waals surface area contributed by atoms with Gasteiger partial charge in [-0.25, -0.2) is 0 Å². The van der Waals surface area contributed by atoms with E-state index in [0.717, 1.165) is 36.5 Å². The second-order valence-corrected chi connectivity index (χ2v) is 10.2.